The molecule has 186 valence electrons. The monoisotopic (exact) mass is 515 g/mol. The quantitative estimate of drug-likeness (QED) is 0.297. The molecular formula is C26H30ClN3O4S. The van der Waals surface area contributed by atoms with Gasteiger partial charge in [0.15, 0.2) is 0 Å². The van der Waals surface area contributed by atoms with E-state index in [4.69, 9.17) is 11.6 Å². The summed E-state index contributed by atoms with van der Waals surface area (Å²) in [6.07, 6.45) is 7.41. The predicted octanol–water partition coefficient (Wildman–Crippen LogP) is 4.16. The van der Waals surface area contributed by atoms with E-state index in [2.05, 4.69) is 10.5 Å². The number of benzene rings is 2. The average molecular weight is 516 g/mol. The highest BCUT2D eigenvalue weighted by atomic mass is 35.5. The van der Waals surface area contributed by atoms with Crippen LogP contribution in [0.25, 0.3) is 0 Å². The molecule has 0 saturated carbocycles. The summed E-state index contributed by atoms with van der Waals surface area (Å²) in [6, 6.07) is 12.9. The van der Waals surface area contributed by atoms with Crippen molar-refractivity contribution in [1.29, 1.82) is 0 Å². The van der Waals surface area contributed by atoms with Crippen LogP contribution in [0.2, 0.25) is 5.02 Å². The molecule has 35 heavy (non-hydrogen) atoms. The van der Waals surface area contributed by atoms with Crippen LogP contribution in [0.3, 0.4) is 0 Å². The largest absolute Gasteiger partial charge is 0.411 e. The van der Waals surface area contributed by atoms with E-state index < -0.39 is 9.84 Å². The third-order valence-electron chi connectivity index (χ3n) is 5.89. The Labute approximate surface area is 211 Å². The van der Waals surface area contributed by atoms with E-state index in [1.54, 1.807) is 12.1 Å². The maximum Gasteiger partial charge on any atom is 0.251 e. The van der Waals surface area contributed by atoms with Gasteiger partial charge in [-0.15, -0.1) is 0 Å². The number of carbonyl (C=O) groups excluding carboxylic acids is 1. The number of hydrogen-bond donors (Lipinski definition) is 2. The molecule has 1 amide bonds. The first-order valence-corrected chi connectivity index (χ1v) is 13.6. The van der Waals surface area contributed by atoms with Gasteiger partial charge in [0.05, 0.1) is 11.5 Å². The molecule has 2 aromatic carbocycles. The van der Waals surface area contributed by atoms with Gasteiger partial charge in [0.25, 0.3) is 5.91 Å². The molecule has 7 nitrogen and oxygen atoms in total. The fourth-order valence-electron chi connectivity index (χ4n) is 4.05. The van der Waals surface area contributed by atoms with Crippen LogP contribution in [0.15, 0.2) is 71.5 Å². The number of hydrogen-bond acceptors (Lipinski definition) is 6. The summed E-state index contributed by atoms with van der Waals surface area (Å²) in [5, 5.41) is 16.8. The third kappa shape index (κ3) is 7.44. The van der Waals surface area contributed by atoms with Gasteiger partial charge in [-0.2, -0.15) is 0 Å². The Kier molecular flexibility index (Phi) is 8.75. The molecule has 1 aliphatic heterocycles. The van der Waals surface area contributed by atoms with Crippen LogP contribution in [-0.2, 0) is 9.84 Å². The zero-order chi connectivity index (χ0) is 25.6. The fourth-order valence-corrected chi connectivity index (χ4v) is 4.75. The van der Waals surface area contributed by atoms with Gasteiger partial charge in [-0.05, 0) is 65.7 Å². The van der Waals surface area contributed by atoms with E-state index in [1.165, 1.54) is 0 Å². The zero-order valence-corrected chi connectivity index (χ0v) is 21.6. The topological polar surface area (TPSA) is 99.1 Å². The van der Waals surface area contributed by atoms with Crippen molar-refractivity contribution in [1.82, 2.24) is 10.2 Å². The molecule has 9 heteroatoms. The molecular weight excluding hydrogens is 486 g/mol. The summed E-state index contributed by atoms with van der Waals surface area (Å²) < 4.78 is 22.6. The van der Waals surface area contributed by atoms with Gasteiger partial charge in [-0.1, -0.05) is 41.0 Å². The van der Waals surface area contributed by atoms with Gasteiger partial charge in [0.2, 0.25) is 0 Å². The van der Waals surface area contributed by atoms with E-state index in [1.807, 2.05) is 67.6 Å². The van der Waals surface area contributed by atoms with Gasteiger partial charge in [-0.25, -0.2) is 8.42 Å². The van der Waals surface area contributed by atoms with Crippen molar-refractivity contribution in [3.05, 3.63) is 93.7 Å². The fraction of sp³-hybridized carbons (Fsp3) is 0.308. The summed E-state index contributed by atoms with van der Waals surface area (Å²) in [6.45, 7) is 2.68. The highest BCUT2D eigenvalue weighted by Crippen LogP contribution is 2.33. The molecule has 3 rings (SSSR count). The van der Waals surface area contributed by atoms with E-state index in [9.17, 15) is 18.4 Å². The summed E-state index contributed by atoms with van der Waals surface area (Å²) >= 11 is 6.20. The number of carbonyl (C=O) groups is 1. The van der Waals surface area contributed by atoms with Crippen LogP contribution >= 0.6 is 11.6 Å². The molecule has 2 aromatic rings. The van der Waals surface area contributed by atoms with Gasteiger partial charge >= 0.3 is 0 Å². The lowest BCUT2D eigenvalue weighted by Gasteiger charge is -2.25. The first-order valence-electron chi connectivity index (χ1n) is 11.2. The Morgan fingerprint density at radius 1 is 1.23 bits per heavy atom. The second-order valence-electron chi connectivity index (χ2n) is 8.76. The first-order chi connectivity index (χ1) is 16.6. The Morgan fingerprint density at radius 2 is 1.94 bits per heavy atom. The number of rotatable bonds is 9. The van der Waals surface area contributed by atoms with E-state index in [0.29, 0.717) is 29.3 Å². The first kappa shape index (κ1) is 26.5. The second kappa shape index (κ2) is 11.6. The third-order valence-corrected chi connectivity index (χ3v) is 7.07. The number of halogens is 1. The van der Waals surface area contributed by atoms with Crippen LogP contribution in [0.1, 0.15) is 39.4 Å². The predicted molar refractivity (Wildman–Crippen MR) is 140 cm³/mol. The number of aryl methyl sites for hydroxylation is 1. The van der Waals surface area contributed by atoms with Crippen molar-refractivity contribution in [2.24, 2.45) is 5.16 Å². The average Bonchev–Trinajstić information content (AvgIpc) is 2.80. The summed E-state index contributed by atoms with van der Waals surface area (Å²) in [5.74, 6) is -0.588. The summed E-state index contributed by atoms with van der Waals surface area (Å²) in [7, 11) is -1.19. The number of nitrogens with one attached hydrogen (secondary N) is 1. The Morgan fingerprint density at radius 3 is 2.54 bits per heavy atom. The molecule has 1 aliphatic rings. The van der Waals surface area contributed by atoms with E-state index >= 15 is 0 Å². The van der Waals surface area contributed by atoms with Crippen LogP contribution in [0.5, 0.6) is 0 Å². The van der Waals surface area contributed by atoms with Gasteiger partial charge < -0.3 is 15.4 Å². The highest BCUT2D eigenvalue weighted by molar-refractivity contribution is 7.90. The number of amides is 1. The Balaban J connectivity index is 1.89. The molecule has 1 unspecified atom stereocenters. The van der Waals surface area contributed by atoms with Gasteiger partial charge in [0.1, 0.15) is 9.84 Å². The Hall–Kier alpha value is -3.10. The van der Waals surface area contributed by atoms with E-state index in [0.717, 1.165) is 28.5 Å². The molecule has 2 N–H and O–H groups in total. The van der Waals surface area contributed by atoms with Crippen LogP contribution in [0.4, 0.5) is 0 Å². The lowest BCUT2D eigenvalue weighted by Crippen LogP contribution is -2.28. The number of nitrogens with zero attached hydrogens (tertiary/aromatic N) is 2. The van der Waals surface area contributed by atoms with Crippen molar-refractivity contribution in [2.75, 3.05) is 32.1 Å². The van der Waals surface area contributed by atoms with Crippen molar-refractivity contribution in [3.63, 3.8) is 0 Å². The zero-order valence-electron chi connectivity index (χ0n) is 20.0. The van der Waals surface area contributed by atoms with E-state index in [-0.39, 0.29) is 24.1 Å². The van der Waals surface area contributed by atoms with Crippen molar-refractivity contribution in [3.8, 4) is 0 Å². The minimum Gasteiger partial charge on any atom is -0.411 e. The molecule has 0 spiro atoms. The van der Waals surface area contributed by atoms with Crippen LogP contribution < -0.4 is 5.32 Å². The maximum atomic E-state index is 12.4. The number of sulfone groups is 1. The van der Waals surface area contributed by atoms with Crippen molar-refractivity contribution >= 4 is 33.1 Å². The van der Waals surface area contributed by atoms with Crippen LogP contribution in [0, 0.1) is 6.92 Å². The molecule has 0 bridgehead atoms. The summed E-state index contributed by atoms with van der Waals surface area (Å²) in [5.41, 5.74) is 4.95. The summed E-state index contributed by atoms with van der Waals surface area (Å²) in [4.78, 5) is 14.5. The molecule has 0 radical (unpaired) electrons. The highest BCUT2D eigenvalue weighted by Gasteiger charge is 2.23. The smallest absolute Gasteiger partial charge is 0.251 e. The van der Waals surface area contributed by atoms with Crippen LogP contribution in [-0.4, -0.2) is 62.3 Å². The Bertz CT molecular complexity index is 1270. The SMILES string of the molecule is Cc1cc(Cl)ccc1C(CC(=NO)C1=CC=CN(C)C1)c1ccc(C(=O)NCCS(C)(=O)=O)cc1. The molecule has 0 fully saturated rings. The normalized spacial score (nSPS) is 15.0. The number of allylic oxidation sites excluding steroid dienone is 2. The van der Waals surface area contributed by atoms with Gasteiger partial charge in [-0.3, -0.25) is 4.79 Å². The lowest BCUT2D eigenvalue weighted by atomic mass is 9.83. The number of likely N-dealkylation sites (N-methyl/N-ethyl adjacent to an activating group) is 1. The molecule has 0 saturated heterocycles. The lowest BCUT2D eigenvalue weighted by molar-refractivity contribution is 0.0956. The second-order valence-corrected chi connectivity index (χ2v) is 11.5. The number of oxime groups is 1. The minimum atomic E-state index is -3.15. The van der Waals surface area contributed by atoms with Crippen molar-refractivity contribution in [2.45, 2.75) is 19.3 Å². The molecule has 1 atom stereocenters. The van der Waals surface area contributed by atoms with Crippen molar-refractivity contribution < 1.29 is 18.4 Å². The molecule has 0 aliphatic carbocycles. The minimum absolute atomic E-state index is 0.0559. The maximum absolute atomic E-state index is 12.4. The molecule has 1 heterocycles. The van der Waals surface area contributed by atoms with Gasteiger partial charge in [0, 0.05) is 49.3 Å². The molecule has 0 aromatic heterocycles. The standard InChI is InChI=1S/C26H30ClN3O4S/c1-18-15-22(27)10-11-23(18)24(16-25(29-32)21-5-4-13-30(2)17-21)19-6-8-20(9-7-19)26(31)28-12-14-35(3,33)34/h4-11,13,15,24,32H,12,14,16-17H2,1-3H3,(H,28,31).